The molecule has 0 radical (unpaired) electrons. The number of carbonyl (C=O) groups is 1. The van der Waals surface area contributed by atoms with Crippen LogP contribution in [-0.2, 0) is 10.0 Å². The van der Waals surface area contributed by atoms with E-state index in [1.807, 2.05) is 19.1 Å². The number of hydrogen-bond donors (Lipinski definition) is 3. The zero-order valence-corrected chi connectivity index (χ0v) is 19.9. The van der Waals surface area contributed by atoms with Crippen LogP contribution in [0.1, 0.15) is 45.4 Å². The minimum atomic E-state index is -3.80. The van der Waals surface area contributed by atoms with Gasteiger partial charge in [-0.15, -0.1) is 0 Å². The van der Waals surface area contributed by atoms with Crippen LogP contribution in [0, 0.1) is 12.8 Å². The number of fused-ring (bicyclic) bond motifs is 3. The molecule has 2 unspecified atom stereocenters. The molecule has 174 valence electrons. The topological polar surface area (TPSA) is 95.5 Å². The van der Waals surface area contributed by atoms with Gasteiger partial charge < -0.3 is 10.4 Å². The SMILES string of the molecule is Cc1ccc(NS(=O)(=O)c2ccc3c(c2)C2C=CCC2[C@@H](c2ccc(C(=O)O)cc2)N3)cc1Cl. The molecule has 1 heterocycles. The maximum atomic E-state index is 13.1. The zero-order chi connectivity index (χ0) is 24.0. The fourth-order valence-electron chi connectivity index (χ4n) is 4.77. The minimum absolute atomic E-state index is 0.00868. The van der Waals surface area contributed by atoms with Crippen LogP contribution in [0.15, 0.2) is 77.7 Å². The molecule has 0 bridgehead atoms. The van der Waals surface area contributed by atoms with Gasteiger partial charge in [0.1, 0.15) is 0 Å². The molecule has 2 aliphatic rings. The first kappa shape index (κ1) is 22.5. The van der Waals surface area contributed by atoms with E-state index in [0.717, 1.165) is 28.8 Å². The summed E-state index contributed by atoms with van der Waals surface area (Å²) < 4.78 is 28.8. The third-order valence-corrected chi connectivity index (χ3v) is 8.37. The van der Waals surface area contributed by atoms with Gasteiger partial charge in [0, 0.05) is 16.6 Å². The molecule has 0 aromatic heterocycles. The van der Waals surface area contributed by atoms with E-state index < -0.39 is 16.0 Å². The summed E-state index contributed by atoms with van der Waals surface area (Å²) in [7, 11) is -3.80. The smallest absolute Gasteiger partial charge is 0.335 e. The predicted molar refractivity (Wildman–Crippen MR) is 133 cm³/mol. The lowest BCUT2D eigenvalue weighted by Gasteiger charge is -2.37. The molecule has 3 aromatic carbocycles. The molecule has 1 aliphatic heterocycles. The standard InChI is InChI=1S/C26H23ClN2O4S/c1-15-5-10-18(13-23(15)27)29-34(32,33)19-11-12-24-22(14-19)20-3-2-4-21(20)25(28-24)16-6-8-17(9-7-16)26(30)31/h2-3,5-14,20-21,25,28-29H,4H2,1H3,(H,30,31)/t20?,21?,25-/m1/s1. The van der Waals surface area contributed by atoms with Crippen molar-refractivity contribution in [2.45, 2.75) is 30.2 Å². The summed E-state index contributed by atoms with van der Waals surface area (Å²) in [6, 6.07) is 17.1. The molecule has 0 saturated heterocycles. The predicted octanol–water partition coefficient (Wildman–Crippen LogP) is 5.97. The van der Waals surface area contributed by atoms with E-state index in [4.69, 9.17) is 11.6 Å². The highest BCUT2D eigenvalue weighted by Crippen LogP contribution is 2.50. The summed E-state index contributed by atoms with van der Waals surface area (Å²) in [6.07, 6.45) is 5.10. The number of anilines is 2. The maximum absolute atomic E-state index is 13.1. The summed E-state index contributed by atoms with van der Waals surface area (Å²) >= 11 is 6.15. The van der Waals surface area contributed by atoms with Gasteiger partial charge >= 0.3 is 5.97 Å². The lowest BCUT2D eigenvalue weighted by atomic mass is 9.77. The molecule has 3 N–H and O–H groups in total. The van der Waals surface area contributed by atoms with Gasteiger partial charge in [0.2, 0.25) is 0 Å². The van der Waals surface area contributed by atoms with E-state index in [1.54, 1.807) is 48.5 Å². The molecule has 34 heavy (non-hydrogen) atoms. The quantitative estimate of drug-likeness (QED) is 0.379. The van der Waals surface area contributed by atoms with Gasteiger partial charge in [-0.1, -0.05) is 42.0 Å². The van der Waals surface area contributed by atoms with Crippen LogP contribution < -0.4 is 10.0 Å². The second-order valence-electron chi connectivity index (χ2n) is 8.72. The van der Waals surface area contributed by atoms with E-state index in [0.29, 0.717) is 10.7 Å². The van der Waals surface area contributed by atoms with Crippen molar-refractivity contribution in [3.63, 3.8) is 0 Å². The van der Waals surface area contributed by atoms with Gasteiger partial charge in [0.25, 0.3) is 10.0 Å². The number of aromatic carboxylic acids is 1. The highest BCUT2D eigenvalue weighted by Gasteiger charge is 2.38. The number of sulfonamides is 1. The highest BCUT2D eigenvalue weighted by atomic mass is 35.5. The Bertz CT molecular complexity index is 1420. The van der Waals surface area contributed by atoms with Crippen molar-refractivity contribution in [1.29, 1.82) is 0 Å². The fraction of sp³-hybridized carbons (Fsp3) is 0.192. The summed E-state index contributed by atoms with van der Waals surface area (Å²) in [5.74, 6) is -0.696. The number of rotatable bonds is 5. The van der Waals surface area contributed by atoms with Crippen molar-refractivity contribution in [3.8, 4) is 0 Å². The van der Waals surface area contributed by atoms with Gasteiger partial charge in [-0.05, 0) is 78.4 Å². The Morgan fingerprint density at radius 3 is 2.56 bits per heavy atom. The highest BCUT2D eigenvalue weighted by molar-refractivity contribution is 7.92. The Kier molecular flexibility index (Phi) is 5.62. The van der Waals surface area contributed by atoms with E-state index in [-0.39, 0.29) is 28.3 Å². The second kappa shape index (κ2) is 8.49. The molecular weight excluding hydrogens is 472 g/mol. The Morgan fingerprint density at radius 2 is 1.85 bits per heavy atom. The number of carboxylic acid groups (broad SMARTS) is 1. The van der Waals surface area contributed by atoms with Crippen molar-refractivity contribution in [2.75, 3.05) is 10.0 Å². The largest absolute Gasteiger partial charge is 0.478 e. The van der Waals surface area contributed by atoms with E-state index in [2.05, 4.69) is 22.2 Å². The van der Waals surface area contributed by atoms with Crippen molar-refractivity contribution in [2.24, 2.45) is 5.92 Å². The minimum Gasteiger partial charge on any atom is -0.478 e. The molecule has 3 atom stereocenters. The first-order valence-electron chi connectivity index (χ1n) is 10.9. The van der Waals surface area contributed by atoms with Gasteiger partial charge in [-0.2, -0.15) is 0 Å². The molecule has 5 rings (SSSR count). The van der Waals surface area contributed by atoms with Gasteiger partial charge in [0.05, 0.1) is 22.2 Å². The molecule has 0 amide bonds. The summed E-state index contributed by atoms with van der Waals surface area (Å²) in [6.45, 7) is 1.86. The lowest BCUT2D eigenvalue weighted by molar-refractivity contribution is 0.0697. The van der Waals surface area contributed by atoms with Gasteiger partial charge in [0.15, 0.2) is 0 Å². The van der Waals surface area contributed by atoms with Crippen molar-refractivity contribution in [1.82, 2.24) is 0 Å². The molecule has 1 aliphatic carbocycles. The van der Waals surface area contributed by atoms with Crippen LogP contribution in [0.4, 0.5) is 11.4 Å². The molecule has 0 fully saturated rings. The number of aryl methyl sites for hydroxylation is 1. The molecule has 0 spiro atoms. The molecular formula is C26H23ClN2O4S. The number of allylic oxidation sites excluding steroid dienone is 2. The van der Waals surface area contributed by atoms with Crippen LogP contribution >= 0.6 is 11.6 Å². The molecule has 3 aromatic rings. The van der Waals surface area contributed by atoms with Crippen LogP contribution in [-0.4, -0.2) is 19.5 Å². The van der Waals surface area contributed by atoms with Crippen molar-refractivity contribution in [3.05, 3.63) is 100 Å². The van der Waals surface area contributed by atoms with Crippen LogP contribution in [0.2, 0.25) is 5.02 Å². The normalized spacial score (nSPS) is 20.8. The summed E-state index contributed by atoms with van der Waals surface area (Å²) in [5, 5.41) is 13.2. The first-order valence-corrected chi connectivity index (χ1v) is 12.8. The maximum Gasteiger partial charge on any atom is 0.335 e. The third kappa shape index (κ3) is 4.06. The molecule has 8 heteroatoms. The second-order valence-corrected chi connectivity index (χ2v) is 10.8. The zero-order valence-electron chi connectivity index (χ0n) is 18.3. The van der Waals surface area contributed by atoms with E-state index in [9.17, 15) is 18.3 Å². The van der Waals surface area contributed by atoms with Gasteiger partial charge in [-0.3, -0.25) is 4.72 Å². The average Bonchev–Trinajstić information content (AvgIpc) is 3.31. The van der Waals surface area contributed by atoms with E-state index >= 15 is 0 Å². The monoisotopic (exact) mass is 494 g/mol. The average molecular weight is 495 g/mol. The van der Waals surface area contributed by atoms with E-state index in [1.165, 1.54) is 0 Å². The van der Waals surface area contributed by atoms with Crippen LogP contribution in [0.5, 0.6) is 0 Å². The number of nitrogens with one attached hydrogen (secondary N) is 2. The molecule has 6 nitrogen and oxygen atoms in total. The van der Waals surface area contributed by atoms with Crippen molar-refractivity contribution < 1.29 is 18.3 Å². The summed E-state index contributed by atoms with van der Waals surface area (Å²) in [4.78, 5) is 11.4. The fourth-order valence-corrected chi connectivity index (χ4v) is 6.04. The van der Waals surface area contributed by atoms with Crippen molar-refractivity contribution >= 4 is 39.0 Å². The van der Waals surface area contributed by atoms with Crippen LogP contribution in [0.3, 0.4) is 0 Å². The number of halogens is 1. The summed E-state index contributed by atoms with van der Waals surface area (Å²) in [5.41, 5.74) is 4.34. The van der Waals surface area contributed by atoms with Gasteiger partial charge in [-0.25, -0.2) is 13.2 Å². The first-order chi connectivity index (χ1) is 16.2. The molecule has 0 saturated carbocycles. The number of carboxylic acids is 1. The lowest BCUT2D eigenvalue weighted by Crippen LogP contribution is -2.29. The Morgan fingerprint density at radius 1 is 1.09 bits per heavy atom. The Hall–Kier alpha value is -3.29. The Labute approximate surface area is 203 Å². The van der Waals surface area contributed by atoms with Crippen LogP contribution in [0.25, 0.3) is 0 Å². The Balaban J connectivity index is 1.46. The number of hydrogen-bond acceptors (Lipinski definition) is 4. The third-order valence-electron chi connectivity index (χ3n) is 6.59. The number of benzene rings is 3.